The summed E-state index contributed by atoms with van der Waals surface area (Å²) in [5.74, 6) is -0.0158. The molecule has 0 saturated heterocycles. The van der Waals surface area contributed by atoms with Crippen molar-refractivity contribution in [2.45, 2.75) is 12.8 Å². The second-order valence-electron chi connectivity index (χ2n) is 7.90. The quantitative estimate of drug-likeness (QED) is 0.205. The molecular weight excluding hydrogens is 472 g/mol. The lowest BCUT2D eigenvalue weighted by Crippen LogP contribution is -2.15. The minimum absolute atomic E-state index is 0.0236. The number of benzene rings is 2. The predicted molar refractivity (Wildman–Crippen MR) is 146 cm³/mol. The van der Waals surface area contributed by atoms with E-state index in [1.807, 2.05) is 0 Å². The standard InChI is InChI=1S/C30H30O7/c1-6-11-20-27(34-15-8-3)21(12-7-2)29-24(28(20)35-16-9-4)25(33)30(36-17-10-5)26(37-29)19-13-14-22(31)23(32)18-19/h6-10,13-14,18,31-32H,1-5,11-12,15-17H2. The summed E-state index contributed by atoms with van der Waals surface area (Å²) < 4.78 is 24.2. The number of phenols is 2. The van der Waals surface area contributed by atoms with Crippen LogP contribution >= 0.6 is 0 Å². The van der Waals surface area contributed by atoms with Crippen molar-refractivity contribution in [2.75, 3.05) is 19.8 Å². The summed E-state index contributed by atoms with van der Waals surface area (Å²) in [7, 11) is 0. The van der Waals surface area contributed by atoms with Crippen LogP contribution in [0.15, 0.2) is 90.7 Å². The van der Waals surface area contributed by atoms with Crippen molar-refractivity contribution in [3.05, 3.63) is 103 Å². The van der Waals surface area contributed by atoms with Gasteiger partial charge in [-0.2, -0.15) is 0 Å². The first-order valence-electron chi connectivity index (χ1n) is 11.6. The van der Waals surface area contributed by atoms with Crippen LogP contribution in [0.1, 0.15) is 11.1 Å². The van der Waals surface area contributed by atoms with Crippen LogP contribution in [0.5, 0.6) is 28.7 Å². The lowest BCUT2D eigenvalue weighted by Gasteiger charge is -2.21. The van der Waals surface area contributed by atoms with E-state index in [9.17, 15) is 15.0 Å². The van der Waals surface area contributed by atoms with E-state index in [0.29, 0.717) is 35.3 Å². The first-order valence-corrected chi connectivity index (χ1v) is 11.6. The Kier molecular flexibility index (Phi) is 9.00. The molecule has 3 aromatic rings. The summed E-state index contributed by atoms with van der Waals surface area (Å²) in [4.78, 5) is 14.1. The van der Waals surface area contributed by atoms with Crippen molar-refractivity contribution < 1.29 is 28.8 Å². The molecular formula is C30H30O7. The van der Waals surface area contributed by atoms with Crippen molar-refractivity contribution in [3.8, 4) is 40.1 Å². The maximum Gasteiger partial charge on any atom is 0.239 e. The largest absolute Gasteiger partial charge is 0.504 e. The van der Waals surface area contributed by atoms with Gasteiger partial charge in [-0.25, -0.2) is 0 Å². The topological polar surface area (TPSA) is 98.4 Å². The number of allylic oxidation sites excluding steroid dienone is 2. The summed E-state index contributed by atoms with van der Waals surface area (Å²) in [6.45, 7) is 19.2. The van der Waals surface area contributed by atoms with Gasteiger partial charge in [-0.15, -0.1) is 13.2 Å². The summed E-state index contributed by atoms with van der Waals surface area (Å²) in [6.07, 6.45) is 8.68. The molecule has 0 amide bonds. The Morgan fingerprint density at radius 1 is 0.730 bits per heavy atom. The summed E-state index contributed by atoms with van der Waals surface area (Å²) in [6, 6.07) is 4.08. The molecule has 0 aliphatic carbocycles. The number of ether oxygens (including phenoxy) is 3. The van der Waals surface area contributed by atoms with Crippen LogP contribution in [0.25, 0.3) is 22.3 Å². The Hall–Kier alpha value is -4.65. The van der Waals surface area contributed by atoms with E-state index in [2.05, 4.69) is 32.9 Å². The average molecular weight is 503 g/mol. The average Bonchev–Trinajstić information content (AvgIpc) is 2.89. The molecule has 0 spiro atoms. The van der Waals surface area contributed by atoms with E-state index in [0.717, 1.165) is 0 Å². The third-order valence-corrected chi connectivity index (χ3v) is 5.37. The zero-order chi connectivity index (χ0) is 26.9. The highest BCUT2D eigenvalue weighted by Gasteiger charge is 2.28. The van der Waals surface area contributed by atoms with E-state index in [1.165, 1.54) is 24.3 Å². The zero-order valence-corrected chi connectivity index (χ0v) is 20.6. The minimum atomic E-state index is -0.490. The summed E-state index contributed by atoms with van der Waals surface area (Å²) in [5.41, 5.74) is 1.22. The van der Waals surface area contributed by atoms with Crippen LogP contribution in [0.2, 0.25) is 0 Å². The predicted octanol–water partition coefficient (Wildman–Crippen LogP) is 6.02. The number of phenolic OH excluding ortho intramolecular Hbond substituents is 2. The van der Waals surface area contributed by atoms with Crippen LogP contribution in [0.4, 0.5) is 0 Å². The maximum atomic E-state index is 14.1. The van der Waals surface area contributed by atoms with E-state index in [-0.39, 0.29) is 59.5 Å². The molecule has 0 radical (unpaired) electrons. The molecule has 0 fully saturated rings. The summed E-state index contributed by atoms with van der Waals surface area (Å²) in [5, 5.41) is 20.1. The highest BCUT2D eigenvalue weighted by molar-refractivity contribution is 5.93. The minimum Gasteiger partial charge on any atom is -0.504 e. The Morgan fingerprint density at radius 3 is 1.86 bits per heavy atom. The molecule has 1 aromatic heterocycles. The Bertz CT molecular complexity index is 1410. The molecule has 0 unspecified atom stereocenters. The second kappa shape index (κ2) is 12.4. The van der Waals surface area contributed by atoms with Crippen molar-refractivity contribution >= 4 is 11.0 Å². The molecule has 7 heteroatoms. The monoisotopic (exact) mass is 502 g/mol. The van der Waals surface area contributed by atoms with E-state index in [1.54, 1.807) is 24.3 Å². The fourth-order valence-corrected chi connectivity index (χ4v) is 3.88. The number of aromatic hydroxyl groups is 2. The van der Waals surface area contributed by atoms with E-state index >= 15 is 0 Å². The molecule has 192 valence electrons. The fraction of sp³-hybridized carbons (Fsp3) is 0.167. The SMILES string of the molecule is C=CCOc1c(CC=C)c(OCC=C)c2c(=O)c(OCC=C)c(-c3ccc(O)c(O)c3)oc2c1CC=C. The molecule has 2 N–H and O–H groups in total. The number of fused-ring (bicyclic) bond motifs is 1. The molecule has 7 nitrogen and oxygen atoms in total. The van der Waals surface area contributed by atoms with Gasteiger partial charge < -0.3 is 28.8 Å². The van der Waals surface area contributed by atoms with Gasteiger partial charge in [0.1, 0.15) is 42.3 Å². The molecule has 0 aliphatic rings. The van der Waals surface area contributed by atoms with Gasteiger partial charge in [0.15, 0.2) is 17.3 Å². The van der Waals surface area contributed by atoms with Crippen LogP contribution in [-0.4, -0.2) is 30.0 Å². The van der Waals surface area contributed by atoms with E-state index < -0.39 is 5.43 Å². The first-order chi connectivity index (χ1) is 17.9. The van der Waals surface area contributed by atoms with Crippen molar-refractivity contribution in [3.63, 3.8) is 0 Å². The highest BCUT2D eigenvalue weighted by Crippen LogP contribution is 2.44. The van der Waals surface area contributed by atoms with Crippen molar-refractivity contribution in [2.24, 2.45) is 0 Å². The summed E-state index contributed by atoms with van der Waals surface area (Å²) >= 11 is 0. The van der Waals surface area contributed by atoms with Gasteiger partial charge in [0.25, 0.3) is 0 Å². The van der Waals surface area contributed by atoms with Gasteiger partial charge >= 0.3 is 0 Å². The number of hydrogen-bond acceptors (Lipinski definition) is 7. The van der Waals surface area contributed by atoms with Gasteiger partial charge in [-0.1, -0.05) is 50.1 Å². The number of hydrogen-bond donors (Lipinski definition) is 2. The maximum absolute atomic E-state index is 14.1. The third-order valence-electron chi connectivity index (χ3n) is 5.37. The Balaban J connectivity index is 2.58. The molecule has 0 saturated carbocycles. The normalized spacial score (nSPS) is 10.5. The van der Waals surface area contributed by atoms with Gasteiger partial charge in [-0.05, 0) is 31.0 Å². The Labute approximate surface area is 215 Å². The smallest absolute Gasteiger partial charge is 0.239 e. The van der Waals surface area contributed by atoms with Gasteiger partial charge in [-0.3, -0.25) is 4.79 Å². The Morgan fingerprint density at radius 2 is 1.30 bits per heavy atom. The first kappa shape index (κ1) is 26.9. The van der Waals surface area contributed by atoms with Gasteiger partial charge in [0.05, 0.1) is 0 Å². The molecule has 37 heavy (non-hydrogen) atoms. The van der Waals surface area contributed by atoms with Crippen molar-refractivity contribution in [1.29, 1.82) is 0 Å². The fourth-order valence-electron chi connectivity index (χ4n) is 3.88. The van der Waals surface area contributed by atoms with Gasteiger partial charge in [0, 0.05) is 16.7 Å². The molecule has 0 atom stereocenters. The zero-order valence-electron chi connectivity index (χ0n) is 20.6. The van der Waals surface area contributed by atoms with Crippen molar-refractivity contribution in [1.82, 2.24) is 0 Å². The molecule has 3 rings (SSSR count). The molecule has 0 bridgehead atoms. The lowest BCUT2D eigenvalue weighted by atomic mass is 9.97. The van der Waals surface area contributed by atoms with Crippen LogP contribution in [0.3, 0.4) is 0 Å². The van der Waals surface area contributed by atoms with Gasteiger partial charge in [0.2, 0.25) is 11.2 Å². The second-order valence-corrected chi connectivity index (χ2v) is 7.90. The molecule has 0 aliphatic heterocycles. The lowest BCUT2D eigenvalue weighted by molar-refractivity contribution is 0.335. The van der Waals surface area contributed by atoms with Crippen LogP contribution in [0, 0.1) is 0 Å². The number of rotatable bonds is 14. The molecule has 1 heterocycles. The van der Waals surface area contributed by atoms with E-state index in [4.69, 9.17) is 18.6 Å². The van der Waals surface area contributed by atoms with Crippen LogP contribution < -0.4 is 19.6 Å². The highest BCUT2D eigenvalue weighted by atomic mass is 16.5. The third kappa shape index (κ3) is 5.46. The molecule has 2 aromatic carbocycles. The van der Waals surface area contributed by atoms with Crippen LogP contribution in [-0.2, 0) is 12.8 Å².